The number of rotatable bonds is 13. The third-order valence-electron chi connectivity index (χ3n) is 6.88. The number of nitrogens with one attached hydrogen (secondary N) is 1. The van der Waals surface area contributed by atoms with E-state index in [9.17, 15) is 22.4 Å². The molecule has 0 aliphatic carbocycles. The van der Waals surface area contributed by atoms with Crippen molar-refractivity contribution in [2.75, 3.05) is 18.0 Å². The van der Waals surface area contributed by atoms with Crippen LogP contribution in [-0.4, -0.2) is 50.9 Å². The third-order valence-corrected chi connectivity index (χ3v) is 8.66. The molecule has 0 radical (unpaired) electrons. The Morgan fingerprint density at radius 3 is 2.22 bits per heavy atom. The summed E-state index contributed by atoms with van der Waals surface area (Å²) >= 11 is 0. The Morgan fingerprint density at radius 2 is 1.63 bits per heavy atom. The molecule has 2 amide bonds. The van der Waals surface area contributed by atoms with Crippen molar-refractivity contribution in [3.8, 4) is 5.75 Å². The highest BCUT2D eigenvalue weighted by molar-refractivity contribution is 7.92. The van der Waals surface area contributed by atoms with Gasteiger partial charge in [-0.05, 0) is 80.8 Å². The second kappa shape index (κ2) is 14.1. The molecule has 0 fully saturated rings. The van der Waals surface area contributed by atoms with E-state index >= 15 is 0 Å². The van der Waals surface area contributed by atoms with Crippen LogP contribution in [0.4, 0.5) is 10.1 Å². The number of ether oxygens (including phenoxy) is 1. The van der Waals surface area contributed by atoms with Crippen molar-refractivity contribution in [1.29, 1.82) is 0 Å². The molecular weight excluding hydrogens is 545 g/mol. The van der Waals surface area contributed by atoms with Crippen LogP contribution in [0, 0.1) is 12.7 Å². The Kier molecular flexibility index (Phi) is 10.9. The summed E-state index contributed by atoms with van der Waals surface area (Å²) in [6.45, 7) is 6.99. The fourth-order valence-corrected chi connectivity index (χ4v) is 5.72. The first-order valence-corrected chi connectivity index (χ1v) is 15.0. The van der Waals surface area contributed by atoms with Crippen LogP contribution in [0.15, 0.2) is 77.7 Å². The molecule has 0 aromatic heterocycles. The molecule has 3 rings (SSSR count). The summed E-state index contributed by atoms with van der Waals surface area (Å²) in [5, 5.41) is 2.95. The van der Waals surface area contributed by atoms with Gasteiger partial charge in [-0.15, -0.1) is 0 Å². The average Bonchev–Trinajstić information content (AvgIpc) is 2.96. The Balaban J connectivity index is 2.06. The van der Waals surface area contributed by atoms with Crippen molar-refractivity contribution >= 4 is 27.5 Å². The van der Waals surface area contributed by atoms with Gasteiger partial charge >= 0.3 is 0 Å². The van der Waals surface area contributed by atoms with Crippen LogP contribution in [-0.2, 0) is 26.2 Å². The number of halogens is 1. The lowest BCUT2D eigenvalue weighted by molar-refractivity contribution is -0.140. The third kappa shape index (κ3) is 8.07. The smallest absolute Gasteiger partial charge is 0.264 e. The van der Waals surface area contributed by atoms with E-state index in [0.717, 1.165) is 27.6 Å². The fourth-order valence-electron chi connectivity index (χ4n) is 4.30. The monoisotopic (exact) mass is 583 g/mol. The van der Waals surface area contributed by atoms with E-state index < -0.39 is 34.3 Å². The number of amides is 2. The first kappa shape index (κ1) is 31.6. The highest BCUT2D eigenvalue weighted by Gasteiger charge is 2.34. The van der Waals surface area contributed by atoms with Crippen molar-refractivity contribution in [3.05, 3.63) is 89.7 Å². The van der Waals surface area contributed by atoms with Crippen LogP contribution in [0.2, 0.25) is 0 Å². The zero-order chi connectivity index (χ0) is 30.2. The summed E-state index contributed by atoms with van der Waals surface area (Å²) in [4.78, 5) is 28.7. The Bertz CT molecular complexity index is 1430. The lowest BCUT2D eigenvalue weighted by Crippen LogP contribution is -2.53. The number of methoxy groups -OCH3 is 1. The van der Waals surface area contributed by atoms with Crippen LogP contribution in [0.3, 0.4) is 0 Å². The van der Waals surface area contributed by atoms with Crippen molar-refractivity contribution in [2.45, 2.75) is 64.1 Å². The fraction of sp³-hybridized carbons (Fsp3) is 0.355. The number of carbonyl (C=O) groups excluding carboxylic acids is 2. The normalized spacial score (nSPS) is 12.7. The molecule has 3 aromatic carbocycles. The lowest BCUT2D eigenvalue weighted by atomic mass is 10.1. The number of anilines is 1. The molecule has 0 saturated carbocycles. The van der Waals surface area contributed by atoms with Gasteiger partial charge in [0.2, 0.25) is 11.8 Å². The SMILES string of the molecule is CC[C@H](C(=O)N[C@@H](C)CC)N(Cc1cccc(OC)c1)C(=O)CN(c1ccc(C)cc1)S(=O)(=O)c1ccc(F)cc1. The molecule has 41 heavy (non-hydrogen) atoms. The predicted octanol–water partition coefficient (Wildman–Crippen LogP) is 5.06. The molecule has 0 bridgehead atoms. The van der Waals surface area contributed by atoms with E-state index in [2.05, 4.69) is 5.32 Å². The van der Waals surface area contributed by atoms with Gasteiger partial charge in [0.25, 0.3) is 10.0 Å². The van der Waals surface area contributed by atoms with E-state index in [1.54, 1.807) is 49.4 Å². The van der Waals surface area contributed by atoms with E-state index in [-0.39, 0.29) is 29.1 Å². The predicted molar refractivity (Wildman–Crippen MR) is 158 cm³/mol. The maximum Gasteiger partial charge on any atom is 0.264 e. The molecule has 0 saturated heterocycles. The molecule has 220 valence electrons. The largest absolute Gasteiger partial charge is 0.497 e. The molecule has 0 aliphatic heterocycles. The minimum Gasteiger partial charge on any atom is -0.497 e. The summed E-state index contributed by atoms with van der Waals surface area (Å²) in [6.07, 6.45) is 1.02. The first-order chi connectivity index (χ1) is 19.5. The molecule has 0 spiro atoms. The number of hydrogen-bond donors (Lipinski definition) is 1. The Morgan fingerprint density at radius 1 is 0.976 bits per heavy atom. The molecule has 0 aliphatic rings. The molecule has 3 aromatic rings. The van der Waals surface area contributed by atoms with Crippen molar-refractivity contribution < 1.29 is 27.1 Å². The number of sulfonamides is 1. The Labute approximate surface area is 242 Å². The zero-order valence-corrected chi connectivity index (χ0v) is 24.9. The second-order valence-electron chi connectivity index (χ2n) is 9.92. The summed E-state index contributed by atoms with van der Waals surface area (Å²) < 4.78 is 47.6. The van der Waals surface area contributed by atoms with Gasteiger partial charge in [-0.2, -0.15) is 0 Å². The molecule has 0 unspecified atom stereocenters. The molecule has 1 N–H and O–H groups in total. The molecule has 8 nitrogen and oxygen atoms in total. The van der Waals surface area contributed by atoms with Gasteiger partial charge in [0.15, 0.2) is 0 Å². The number of hydrogen-bond acceptors (Lipinski definition) is 5. The highest BCUT2D eigenvalue weighted by atomic mass is 32.2. The van der Waals surface area contributed by atoms with Crippen LogP contribution in [0.5, 0.6) is 5.75 Å². The zero-order valence-electron chi connectivity index (χ0n) is 24.1. The van der Waals surface area contributed by atoms with Gasteiger partial charge in [0.1, 0.15) is 24.2 Å². The van der Waals surface area contributed by atoms with Gasteiger partial charge in [0, 0.05) is 12.6 Å². The van der Waals surface area contributed by atoms with Crippen LogP contribution >= 0.6 is 0 Å². The van der Waals surface area contributed by atoms with E-state index in [1.807, 2.05) is 26.8 Å². The van der Waals surface area contributed by atoms with E-state index in [4.69, 9.17) is 4.74 Å². The number of carbonyl (C=O) groups is 2. The quantitative estimate of drug-likeness (QED) is 0.304. The Hall–Kier alpha value is -3.92. The maximum absolute atomic E-state index is 14.1. The maximum atomic E-state index is 14.1. The van der Waals surface area contributed by atoms with Crippen LogP contribution < -0.4 is 14.4 Å². The molecule has 0 heterocycles. The highest BCUT2D eigenvalue weighted by Crippen LogP contribution is 2.26. The second-order valence-corrected chi connectivity index (χ2v) is 11.8. The van der Waals surface area contributed by atoms with Crippen LogP contribution in [0.25, 0.3) is 0 Å². The van der Waals surface area contributed by atoms with Gasteiger partial charge in [0.05, 0.1) is 17.7 Å². The van der Waals surface area contributed by atoms with E-state index in [1.165, 1.54) is 24.1 Å². The van der Waals surface area contributed by atoms with Gasteiger partial charge in [-0.3, -0.25) is 13.9 Å². The number of aryl methyl sites for hydroxylation is 1. The number of benzene rings is 3. The molecule has 2 atom stereocenters. The van der Waals surface area contributed by atoms with Gasteiger partial charge in [-0.1, -0.05) is 43.7 Å². The minimum atomic E-state index is -4.27. The summed E-state index contributed by atoms with van der Waals surface area (Å²) in [5.41, 5.74) is 1.90. The van der Waals surface area contributed by atoms with Crippen molar-refractivity contribution in [2.24, 2.45) is 0 Å². The van der Waals surface area contributed by atoms with Crippen molar-refractivity contribution in [1.82, 2.24) is 10.2 Å². The standard InChI is InChI=1S/C31H38FN3O5S/c1-6-23(4)33-31(37)29(7-2)34(20-24-9-8-10-27(19-24)40-5)30(36)21-35(26-15-11-22(3)12-16-26)41(38,39)28-17-13-25(32)14-18-28/h8-19,23,29H,6-7,20-21H2,1-5H3,(H,33,37)/t23-,29+/m0/s1. The molecule has 10 heteroatoms. The van der Waals surface area contributed by atoms with Gasteiger partial charge in [-0.25, -0.2) is 12.8 Å². The number of nitrogens with zero attached hydrogens (tertiary/aromatic N) is 2. The topological polar surface area (TPSA) is 96.0 Å². The summed E-state index contributed by atoms with van der Waals surface area (Å²) in [5.74, 6) is -0.872. The minimum absolute atomic E-state index is 0.0563. The van der Waals surface area contributed by atoms with E-state index in [0.29, 0.717) is 18.6 Å². The molecular formula is C31H38FN3O5S. The first-order valence-electron chi connectivity index (χ1n) is 13.6. The summed E-state index contributed by atoms with van der Waals surface area (Å²) in [7, 11) is -2.73. The lowest BCUT2D eigenvalue weighted by Gasteiger charge is -2.33. The van der Waals surface area contributed by atoms with Crippen molar-refractivity contribution in [3.63, 3.8) is 0 Å². The average molecular weight is 584 g/mol. The van der Waals surface area contributed by atoms with Gasteiger partial charge < -0.3 is 15.0 Å². The summed E-state index contributed by atoms with van der Waals surface area (Å²) in [6, 6.07) is 17.4. The van der Waals surface area contributed by atoms with Crippen LogP contribution in [0.1, 0.15) is 44.7 Å².